The first kappa shape index (κ1) is 26.5. The number of thiophene rings is 1. The van der Waals surface area contributed by atoms with Crippen LogP contribution < -0.4 is 9.64 Å². The minimum atomic E-state index is -4.81. The summed E-state index contributed by atoms with van der Waals surface area (Å²) in [7, 11) is -2.09. The van der Waals surface area contributed by atoms with Crippen LogP contribution in [0, 0.1) is 0 Å². The van der Waals surface area contributed by atoms with E-state index in [1.807, 2.05) is 29.2 Å². The summed E-state index contributed by atoms with van der Waals surface area (Å²) in [5.41, 5.74) is -1.64. The van der Waals surface area contributed by atoms with Gasteiger partial charge in [0.05, 0.1) is 7.11 Å². The van der Waals surface area contributed by atoms with E-state index in [0.717, 1.165) is 23.8 Å². The molecule has 0 radical (unpaired) electrons. The second-order valence-corrected chi connectivity index (χ2v) is 11.9. The average Bonchev–Trinajstić information content (AvgIpc) is 3.40. The summed E-state index contributed by atoms with van der Waals surface area (Å²) < 4.78 is 73.3. The summed E-state index contributed by atoms with van der Waals surface area (Å²) in [5.74, 6) is 0.677. The molecule has 3 aromatic rings. The zero-order chi connectivity index (χ0) is 26.1. The van der Waals surface area contributed by atoms with Gasteiger partial charge in [0.25, 0.3) is 10.0 Å². The lowest BCUT2D eigenvalue weighted by Crippen LogP contribution is -2.55. The molecular weight excluding hydrogens is 513 g/mol. The van der Waals surface area contributed by atoms with Gasteiger partial charge in [0.15, 0.2) is 5.60 Å². The second-order valence-electron chi connectivity index (χ2n) is 8.81. The first-order valence-corrected chi connectivity index (χ1v) is 13.6. The van der Waals surface area contributed by atoms with Gasteiger partial charge in [0, 0.05) is 31.4 Å². The molecular formula is C25H27F3N2O4S2. The van der Waals surface area contributed by atoms with Crippen molar-refractivity contribution in [3.05, 3.63) is 77.2 Å². The molecule has 1 aromatic heterocycles. The van der Waals surface area contributed by atoms with Crippen LogP contribution in [-0.2, 0) is 22.0 Å². The minimum absolute atomic E-state index is 0.208. The van der Waals surface area contributed by atoms with Crippen molar-refractivity contribution < 1.29 is 31.4 Å². The van der Waals surface area contributed by atoms with E-state index in [2.05, 4.69) is 0 Å². The standard InChI is InChI=1S/C25H27F3N2O4S2/c1-24(31,25(26,27)28)19-8-10-20(11-9-19)30-13-12-29(36(32,33)23-7-4-14-35-23)17-21(30)15-18-5-3-6-22(16-18)34-2/h3-11,14,16,21,31H,12-13,15,17H2,1-2H3. The molecule has 1 aliphatic rings. The molecule has 1 aliphatic heterocycles. The van der Waals surface area contributed by atoms with Crippen molar-refractivity contribution in [2.75, 3.05) is 31.6 Å². The number of hydrogen-bond acceptors (Lipinski definition) is 6. The lowest BCUT2D eigenvalue weighted by atomic mass is 9.94. The van der Waals surface area contributed by atoms with Gasteiger partial charge in [-0.1, -0.05) is 30.3 Å². The Morgan fingerprint density at radius 3 is 2.42 bits per heavy atom. The molecule has 0 amide bonds. The number of aliphatic hydroxyl groups is 1. The van der Waals surface area contributed by atoms with Gasteiger partial charge in [0.2, 0.25) is 0 Å². The summed E-state index contributed by atoms with van der Waals surface area (Å²) >= 11 is 1.16. The van der Waals surface area contributed by atoms with Crippen LogP contribution in [0.15, 0.2) is 70.3 Å². The van der Waals surface area contributed by atoms with Crippen LogP contribution >= 0.6 is 11.3 Å². The zero-order valence-corrected chi connectivity index (χ0v) is 21.4. The van der Waals surface area contributed by atoms with E-state index in [9.17, 15) is 26.7 Å². The van der Waals surface area contributed by atoms with Crippen LogP contribution in [0.4, 0.5) is 18.9 Å². The fourth-order valence-corrected chi connectivity index (χ4v) is 6.92. The van der Waals surface area contributed by atoms with Crippen molar-refractivity contribution in [3.63, 3.8) is 0 Å². The average molecular weight is 541 g/mol. The summed E-state index contributed by atoms with van der Waals surface area (Å²) in [4.78, 5) is 2.01. The van der Waals surface area contributed by atoms with Crippen molar-refractivity contribution in [2.24, 2.45) is 0 Å². The molecule has 0 bridgehead atoms. The largest absolute Gasteiger partial charge is 0.497 e. The van der Waals surface area contributed by atoms with Crippen LogP contribution in [0.1, 0.15) is 18.1 Å². The molecule has 4 rings (SSSR count). The van der Waals surface area contributed by atoms with E-state index >= 15 is 0 Å². The Bertz CT molecular complexity index is 1280. The number of methoxy groups -OCH3 is 1. The molecule has 36 heavy (non-hydrogen) atoms. The Kier molecular flexibility index (Phi) is 7.38. The van der Waals surface area contributed by atoms with Crippen molar-refractivity contribution >= 4 is 27.0 Å². The predicted octanol–water partition coefficient (Wildman–Crippen LogP) is 4.65. The lowest BCUT2D eigenvalue weighted by molar-refractivity contribution is -0.258. The van der Waals surface area contributed by atoms with Gasteiger partial charge in [-0.15, -0.1) is 11.3 Å². The van der Waals surface area contributed by atoms with Crippen molar-refractivity contribution in [1.29, 1.82) is 0 Å². The van der Waals surface area contributed by atoms with E-state index < -0.39 is 21.8 Å². The zero-order valence-electron chi connectivity index (χ0n) is 19.8. The number of benzene rings is 2. The number of hydrogen-bond donors (Lipinski definition) is 1. The quantitative estimate of drug-likeness (QED) is 0.473. The molecule has 11 heteroatoms. The maximum Gasteiger partial charge on any atom is 0.421 e. The summed E-state index contributed by atoms with van der Waals surface area (Å²) in [6.45, 7) is 1.52. The molecule has 2 unspecified atom stereocenters. The van der Waals surface area contributed by atoms with E-state index in [4.69, 9.17) is 4.74 Å². The van der Waals surface area contributed by atoms with Crippen LogP contribution in [-0.4, -0.2) is 56.8 Å². The highest BCUT2D eigenvalue weighted by atomic mass is 32.2. The third-order valence-corrected chi connectivity index (χ3v) is 9.69. The Labute approximate surface area is 212 Å². The number of nitrogens with zero attached hydrogens (tertiary/aromatic N) is 2. The van der Waals surface area contributed by atoms with E-state index in [-0.39, 0.29) is 28.9 Å². The number of piperazine rings is 1. The topological polar surface area (TPSA) is 70.1 Å². The molecule has 0 aliphatic carbocycles. The molecule has 1 fully saturated rings. The molecule has 2 aromatic carbocycles. The van der Waals surface area contributed by atoms with Crippen LogP contribution in [0.3, 0.4) is 0 Å². The first-order valence-electron chi connectivity index (χ1n) is 11.3. The number of rotatable bonds is 7. The molecule has 1 N–H and O–H groups in total. The minimum Gasteiger partial charge on any atom is -0.497 e. The highest BCUT2D eigenvalue weighted by molar-refractivity contribution is 7.91. The molecule has 0 saturated carbocycles. The lowest BCUT2D eigenvalue weighted by Gasteiger charge is -2.42. The van der Waals surface area contributed by atoms with Crippen molar-refractivity contribution in [2.45, 2.75) is 35.4 Å². The Balaban J connectivity index is 1.64. The smallest absolute Gasteiger partial charge is 0.421 e. The van der Waals surface area contributed by atoms with E-state index in [0.29, 0.717) is 24.4 Å². The van der Waals surface area contributed by atoms with Crippen LogP contribution in [0.25, 0.3) is 0 Å². The van der Waals surface area contributed by atoms with Gasteiger partial charge < -0.3 is 14.7 Å². The van der Waals surface area contributed by atoms with Gasteiger partial charge in [-0.25, -0.2) is 8.42 Å². The van der Waals surface area contributed by atoms with Crippen LogP contribution in [0.5, 0.6) is 5.75 Å². The van der Waals surface area contributed by atoms with E-state index in [1.54, 1.807) is 24.6 Å². The molecule has 2 heterocycles. The Morgan fingerprint density at radius 1 is 1.08 bits per heavy atom. The van der Waals surface area contributed by atoms with Crippen LogP contribution in [0.2, 0.25) is 0 Å². The molecule has 194 valence electrons. The Morgan fingerprint density at radius 2 is 1.81 bits per heavy atom. The number of ether oxygens (including phenoxy) is 1. The van der Waals surface area contributed by atoms with Gasteiger partial charge >= 0.3 is 6.18 Å². The third kappa shape index (κ3) is 5.24. The van der Waals surface area contributed by atoms with Gasteiger partial charge in [-0.05, 0) is 60.2 Å². The van der Waals surface area contributed by atoms with Crippen molar-refractivity contribution in [3.8, 4) is 5.75 Å². The van der Waals surface area contributed by atoms with Gasteiger partial charge in [-0.2, -0.15) is 17.5 Å². The normalized spacial score (nSPS) is 19.2. The summed E-state index contributed by atoms with van der Waals surface area (Å²) in [5, 5.41) is 11.7. The Hall–Kier alpha value is -2.60. The highest BCUT2D eigenvalue weighted by Gasteiger charge is 2.51. The number of alkyl halides is 3. The fourth-order valence-electron chi connectivity index (χ4n) is 4.31. The maximum absolute atomic E-state index is 13.3. The van der Waals surface area contributed by atoms with Crippen molar-refractivity contribution in [1.82, 2.24) is 4.31 Å². The number of halogens is 3. The number of anilines is 1. The highest BCUT2D eigenvalue weighted by Crippen LogP contribution is 2.39. The fraction of sp³-hybridized carbons (Fsp3) is 0.360. The maximum atomic E-state index is 13.3. The molecule has 1 saturated heterocycles. The molecule has 6 nitrogen and oxygen atoms in total. The SMILES string of the molecule is COc1cccc(CC2CN(S(=O)(=O)c3cccs3)CCN2c2ccc(C(C)(O)C(F)(F)F)cc2)c1. The number of sulfonamides is 1. The first-order chi connectivity index (χ1) is 16.9. The monoisotopic (exact) mass is 540 g/mol. The van der Waals surface area contributed by atoms with Gasteiger partial charge in [0.1, 0.15) is 9.96 Å². The van der Waals surface area contributed by atoms with Gasteiger partial charge in [-0.3, -0.25) is 0 Å². The van der Waals surface area contributed by atoms with E-state index in [1.165, 1.54) is 28.6 Å². The second kappa shape index (κ2) is 10.0. The summed E-state index contributed by atoms with van der Waals surface area (Å²) in [6.07, 6.45) is -4.32. The molecule has 0 spiro atoms. The molecule has 2 atom stereocenters. The predicted molar refractivity (Wildman–Crippen MR) is 133 cm³/mol. The summed E-state index contributed by atoms with van der Waals surface area (Å²) in [6, 6.07) is 16.1. The third-order valence-electron chi connectivity index (χ3n) is 6.45.